The summed E-state index contributed by atoms with van der Waals surface area (Å²) in [4.78, 5) is 2.43. The van der Waals surface area contributed by atoms with Crippen molar-refractivity contribution in [1.82, 2.24) is 9.71 Å². The second-order valence-corrected chi connectivity index (χ2v) is 8.46. The van der Waals surface area contributed by atoms with Gasteiger partial charge in [0.1, 0.15) is 11.6 Å². The Bertz CT molecular complexity index is 1240. The number of nitrogens with one attached hydrogen (secondary N) is 1. The summed E-state index contributed by atoms with van der Waals surface area (Å²) in [7, 11) is -4.91. The number of hydrogen-bond donors (Lipinski definition) is 1. The van der Waals surface area contributed by atoms with Gasteiger partial charge in [-0.1, -0.05) is 6.07 Å². The van der Waals surface area contributed by atoms with Crippen LogP contribution in [0.15, 0.2) is 59.8 Å². The van der Waals surface area contributed by atoms with Gasteiger partial charge in [0, 0.05) is 18.9 Å². The molecular formula is C20H12F8N2O2S. The molecule has 0 atom stereocenters. The van der Waals surface area contributed by atoms with Crippen LogP contribution in [-0.4, -0.2) is 13.4 Å². The lowest BCUT2D eigenvalue weighted by molar-refractivity contribution is -0.143. The van der Waals surface area contributed by atoms with Crippen LogP contribution in [0.1, 0.15) is 16.7 Å². The molecular weight excluding hydrogens is 484 g/mol. The first-order valence-electron chi connectivity index (χ1n) is 8.86. The number of alkyl halides is 6. The van der Waals surface area contributed by atoms with Crippen molar-refractivity contribution in [2.75, 3.05) is 0 Å². The monoisotopic (exact) mass is 496 g/mol. The first kappa shape index (κ1) is 24.6. The highest BCUT2D eigenvalue weighted by molar-refractivity contribution is 7.89. The van der Waals surface area contributed by atoms with Crippen LogP contribution in [0.4, 0.5) is 35.1 Å². The molecule has 1 N–H and O–H groups in total. The van der Waals surface area contributed by atoms with Gasteiger partial charge in [-0.15, -0.1) is 0 Å². The quantitative estimate of drug-likeness (QED) is 0.472. The third kappa shape index (κ3) is 5.47. The van der Waals surface area contributed by atoms with Gasteiger partial charge in [0.05, 0.1) is 21.6 Å². The van der Waals surface area contributed by atoms with E-state index in [2.05, 4.69) is 4.98 Å². The zero-order valence-corrected chi connectivity index (χ0v) is 16.9. The molecule has 0 amide bonds. The maximum Gasteiger partial charge on any atom is 0.416 e. The lowest BCUT2D eigenvalue weighted by Crippen LogP contribution is -2.25. The molecule has 13 heteroatoms. The fraction of sp³-hybridized carbons (Fsp3) is 0.150. The van der Waals surface area contributed by atoms with Gasteiger partial charge >= 0.3 is 12.4 Å². The van der Waals surface area contributed by atoms with Crippen molar-refractivity contribution in [3.63, 3.8) is 0 Å². The molecule has 0 spiro atoms. The number of pyridine rings is 1. The third-order valence-electron chi connectivity index (χ3n) is 4.46. The minimum Gasteiger partial charge on any atom is -0.264 e. The van der Waals surface area contributed by atoms with Crippen LogP contribution in [0.2, 0.25) is 0 Å². The van der Waals surface area contributed by atoms with Crippen molar-refractivity contribution >= 4 is 10.0 Å². The van der Waals surface area contributed by atoms with Crippen molar-refractivity contribution in [1.29, 1.82) is 0 Å². The summed E-state index contributed by atoms with van der Waals surface area (Å²) < 4.78 is 133. The molecule has 1 aromatic heterocycles. The van der Waals surface area contributed by atoms with E-state index >= 15 is 0 Å². The molecule has 0 saturated carbocycles. The summed E-state index contributed by atoms with van der Waals surface area (Å²) in [5.74, 6) is -1.95. The van der Waals surface area contributed by atoms with E-state index in [1.165, 1.54) is 12.3 Å². The van der Waals surface area contributed by atoms with Crippen LogP contribution in [-0.2, 0) is 28.9 Å². The summed E-state index contributed by atoms with van der Waals surface area (Å²) in [6, 6.07) is 4.08. The molecule has 0 aliphatic heterocycles. The standard InChI is InChI=1S/C20H12F8N2O2S/c21-16-2-1-3-17(22)18(16)15-4-5-29-9-11(15)10-30-33(31,32)14-7-12(19(23,24)25)6-13(8-14)20(26,27)28/h1-9,30H,10H2. The summed E-state index contributed by atoms with van der Waals surface area (Å²) in [5.41, 5.74) is -4.31. The summed E-state index contributed by atoms with van der Waals surface area (Å²) >= 11 is 0. The first-order chi connectivity index (χ1) is 15.2. The van der Waals surface area contributed by atoms with Crippen LogP contribution in [0.3, 0.4) is 0 Å². The van der Waals surface area contributed by atoms with Gasteiger partial charge in [0.15, 0.2) is 0 Å². The van der Waals surface area contributed by atoms with Crippen LogP contribution >= 0.6 is 0 Å². The molecule has 0 aliphatic rings. The summed E-state index contributed by atoms with van der Waals surface area (Å²) in [6.07, 6.45) is -8.27. The Morgan fingerprint density at radius 3 is 1.91 bits per heavy atom. The number of benzene rings is 2. The lowest BCUT2D eigenvalue weighted by Gasteiger charge is -2.15. The van der Waals surface area contributed by atoms with Crippen molar-refractivity contribution in [2.45, 2.75) is 23.8 Å². The van der Waals surface area contributed by atoms with Gasteiger partial charge in [-0.2, -0.15) is 26.3 Å². The van der Waals surface area contributed by atoms with E-state index in [4.69, 9.17) is 0 Å². The summed E-state index contributed by atoms with van der Waals surface area (Å²) in [5, 5.41) is 0. The van der Waals surface area contributed by atoms with Crippen molar-refractivity contribution < 1.29 is 43.5 Å². The Morgan fingerprint density at radius 1 is 0.848 bits per heavy atom. The predicted octanol–water partition coefficient (Wildman–Crippen LogP) is 5.54. The fourth-order valence-corrected chi connectivity index (χ4v) is 3.98. The van der Waals surface area contributed by atoms with Crippen LogP contribution in [0, 0.1) is 11.6 Å². The van der Waals surface area contributed by atoms with Crippen molar-refractivity contribution in [3.05, 3.63) is 83.2 Å². The van der Waals surface area contributed by atoms with E-state index < -0.39 is 62.1 Å². The Balaban J connectivity index is 2.00. The fourth-order valence-electron chi connectivity index (χ4n) is 2.90. The number of sulfonamides is 1. The van der Waals surface area contributed by atoms with E-state index in [9.17, 15) is 43.5 Å². The molecule has 33 heavy (non-hydrogen) atoms. The van der Waals surface area contributed by atoms with Gasteiger partial charge < -0.3 is 0 Å². The SMILES string of the molecule is O=S(=O)(NCc1cnccc1-c1c(F)cccc1F)c1cc(C(F)(F)F)cc(C(F)(F)F)c1. The largest absolute Gasteiger partial charge is 0.416 e. The Morgan fingerprint density at radius 2 is 1.39 bits per heavy atom. The first-order valence-corrected chi connectivity index (χ1v) is 10.3. The van der Waals surface area contributed by atoms with Crippen LogP contribution in [0.25, 0.3) is 11.1 Å². The van der Waals surface area contributed by atoms with Gasteiger partial charge in [0.2, 0.25) is 10.0 Å². The Kier molecular flexibility index (Phi) is 6.48. The van der Waals surface area contributed by atoms with Gasteiger partial charge in [0.25, 0.3) is 0 Å². The lowest BCUT2D eigenvalue weighted by atomic mass is 10.0. The molecule has 0 fully saturated rings. The summed E-state index contributed by atoms with van der Waals surface area (Å²) in [6.45, 7) is -0.725. The van der Waals surface area contributed by atoms with E-state index in [0.29, 0.717) is 0 Å². The highest BCUT2D eigenvalue weighted by Gasteiger charge is 2.38. The zero-order valence-electron chi connectivity index (χ0n) is 16.1. The number of aromatic nitrogens is 1. The number of halogens is 8. The average Bonchev–Trinajstić information content (AvgIpc) is 2.71. The third-order valence-corrected chi connectivity index (χ3v) is 5.84. The number of nitrogens with zero attached hydrogens (tertiary/aromatic N) is 1. The molecule has 3 rings (SSSR count). The van der Waals surface area contributed by atoms with E-state index in [-0.39, 0.29) is 29.3 Å². The van der Waals surface area contributed by atoms with E-state index in [1.54, 1.807) is 0 Å². The molecule has 0 aliphatic carbocycles. The van der Waals surface area contributed by atoms with Crippen molar-refractivity contribution in [3.8, 4) is 11.1 Å². The Hall–Kier alpha value is -3.06. The maximum atomic E-state index is 14.2. The number of rotatable bonds is 5. The molecule has 0 bridgehead atoms. The minimum atomic E-state index is -5.25. The van der Waals surface area contributed by atoms with Crippen LogP contribution < -0.4 is 4.72 Å². The predicted molar refractivity (Wildman–Crippen MR) is 100 cm³/mol. The van der Waals surface area contributed by atoms with E-state index in [0.717, 1.165) is 24.4 Å². The highest BCUT2D eigenvalue weighted by atomic mass is 32.2. The molecule has 0 radical (unpaired) electrons. The topological polar surface area (TPSA) is 59.1 Å². The second kappa shape index (κ2) is 8.71. The smallest absolute Gasteiger partial charge is 0.264 e. The van der Waals surface area contributed by atoms with Gasteiger partial charge in [-0.05, 0) is 47.5 Å². The molecule has 4 nitrogen and oxygen atoms in total. The molecule has 0 unspecified atom stereocenters. The number of hydrogen-bond acceptors (Lipinski definition) is 3. The zero-order chi connectivity index (χ0) is 24.6. The molecule has 2 aromatic carbocycles. The van der Waals surface area contributed by atoms with Crippen LogP contribution in [0.5, 0.6) is 0 Å². The highest BCUT2D eigenvalue weighted by Crippen LogP contribution is 2.37. The Labute approximate surface area is 181 Å². The molecule has 176 valence electrons. The molecule has 3 aromatic rings. The molecule has 1 heterocycles. The minimum absolute atomic E-state index is 0.0538. The normalized spacial score (nSPS) is 12.7. The maximum absolute atomic E-state index is 14.2. The molecule has 0 saturated heterocycles. The second-order valence-electron chi connectivity index (χ2n) is 6.70. The van der Waals surface area contributed by atoms with Crippen molar-refractivity contribution in [2.24, 2.45) is 0 Å². The van der Waals surface area contributed by atoms with Gasteiger partial charge in [-0.3, -0.25) is 4.98 Å². The average molecular weight is 496 g/mol. The van der Waals surface area contributed by atoms with E-state index in [1.807, 2.05) is 4.72 Å². The van der Waals surface area contributed by atoms with Gasteiger partial charge in [-0.25, -0.2) is 21.9 Å².